The number of amides is 1. The summed E-state index contributed by atoms with van der Waals surface area (Å²) < 4.78 is 6.57. The highest BCUT2D eigenvalue weighted by molar-refractivity contribution is 9.10. The minimum atomic E-state index is -0.114. The number of rotatable bonds is 2. The number of nitrogens with two attached hydrogens (primary N) is 1. The molecule has 2 aromatic rings. The molecular weight excluding hydrogens is 344 g/mol. The topological polar surface area (TPSA) is 68.3 Å². The molecule has 1 amide bonds. The summed E-state index contributed by atoms with van der Waals surface area (Å²) in [6, 6.07) is 8.22. The average Bonchev–Trinajstić information content (AvgIpc) is 3.11. The van der Waals surface area contributed by atoms with Crippen LogP contribution in [0.5, 0.6) is 0 Å². The van der Waals surface area contributed by atoms with Crippen molar-refractivity contribution in [2.75, 3.05) is 0 Å². The zero-order valence-corrected chi connectivity index (χ0v) is 13.8. The molecule has 116 valence electrons. The Labute approximate surface area is 137 Å². The van der Waals surface area contributed by atoms with Gasteiger partial charge in [-0.15, -0.1) is 0 Å². The predicted molar refractivity (Wildman–Crippen MR) is 88.6 cm³/mol. The third-order valence-corrected chi connectivity index (χ3v) is 5.73. The van der Waals surface area contributed by atoms with Crippen molar-refractivity contribution in [3.05, 3.63) is 34.5 Å². The van der Waals surface area contributed by atoms with Crippen LogP contribution in [0.3, 0.4) is 0 Å². The van der Waals surface area contributed by atoms with Crippen molar-refractivity contribution < 1.29 is 9.21 Å². The molecule has 0 spiro atoms. The molecular formula is C17H19BrN2O2. The lowest BCUT2D eigenvalue weighted by Crippen LogP contribution is -2.33. The summed E-state index contributed by atoms with van der Waals surface area (Å²) in [5.74, 6) is 1.64. The summed E-state index contributed by atoms with van der Waals surface area (Å²) in [6.45, 7) is 0. The van der Waals surface area contributed by atoms with Crippen LogP contribution in [0.25, 0.3) is 11.0 Å². The van der Waals surface area contributed by atoms with E-state index in [-0.39, 0.29) is 11.9 Å². The highest BCUT2D eigenvalue weighted by atomic mass is 79.9. The van der Waals surface area contributed by atoms with Gasteiger partial charge in [-0.1, -0.05) is 12.1 Å². The molecule has 4 nitrogen and oxygen atoms in total. The smallest absolute Gasteiger partial charge is 0.287 e. The van der Waals surface area contributed by atoms with Gasteiger partial charge in [-0.05, 0) is 65.6 Å². The Bertz CT molecular complexity index is 713. The van der Waals surface area contributed by atoms with Crippen molar-refractivity contribution in [2.24, 2.45) is 17.6 Å². The lowest BCUT2D eigenvalue weighted by atomic mass is 10.0. The van der Waals surface area contributed by atoms with E-state index >= 15 is 0 Å². The number of hydrogen-bond acceptors (Lipinski definition) is 3. The van der Waals surface area contributed by atoms with Crippen LogP contribution in [0.4, 0.5) is 0 Å². The van der Waals surface area contributed by atoms with E-state index in [0.29, 0.717) is 23.6 Å². The van der Waals surface area contributed by atoms with E-state index in [1.165, 1.54) is 0 Å². The molecule has 3 N–H and O–H groups in total. The van der Waals surface area contributed by atoms with Gasteiger partial charge in [0.05, 0.1) is 4.47 Å². The van der Waals surface area contributed by atoms with Gasteiger partial charge in [0.2, 0.25) is 0 Å². The van der Waals surface area contributed by atoms with Crippen LogP contribution in [0, 0.1) is 11.8 Å². The summed E-state index contributed by atoms with van der Waals surface area (Å²) in [5, 5.41) is 4.07. The first kappa shape index (κ1) is 14.3. The number of furan rings is 1. The van der Waals surface area contributed by atoms with Gasteiger partial charge in [-0.2, -0.15) is 0 Å². The summed E-state index contributed by atoms with van der Waals surface area (Å²) in [7, 11) is 0. The molecule has 5 heteroatoms. The lowest BCUT2D eigenvalue weighted by molar-refractivity contribution is 0.0910. The van der Waals surface area contributed by atoms with E-state index in [4.69, 9.17) is 10.2 Å². The summed E-state index contributed by atoms with van der Waals surface area (Å²) in [6.07, 6.45) is 4.31. The van der Waals surface area contributed by atoms with E-state index in [9.17, 15) is 4.79 Å². The van der Waals surface area contributed by atoms with E-state index in [0.717, 1.165) is 41.1 Å². The minimum absolute atomic E-state index is 0.114. The maximum absolute atomic E-state index is 12.4. The van der Waals surface area contributed by atoms with Crippen LogP contribution in [0.2, 0.25) is 0 Å². The lowest BCUT2D eigenvalue weighted by Gasteiger charge is -2.13. The number of carbonyl (C=O) groups is 1. The summed E-state index contributed by atoms with van der Waals surface area (Å²) in [5.41, 5.74) is 6.74. The molecule has 0 saturated heterocycles. The van der Waals surface area contributed by atoms with Crippen molar-refractivity contribution in [2.45, 2.75) is 37.8 Å². The third kappa shape index (κ3) is 2.46. The van der Waals surface area contributed by atoms with Gasteiger partial charge in [0.15, 0.2) is 5.76 Å². The van der Waals surface area contributed by atoms with Gasteiger partial charge in [0, 0.05) is 17.5 Å². The Balaban J connectivity index is 1.47. The van der Waals surface area contributed by atoms with Crippen molar-refractivity contribution in [3.63, 3.8) is 0 Å². The fraction of sp³-hybridized carbons (Fsp3) is 0.471. The second kappa shape index (κ2) is 5.39. The number of halogens is 1. The van der Waals surface area contributed by atoms with E-state index in [1.54, 1.807) is 6.07 Å². The molecule has 2 unspecified atom stereocenters. The SMILES string of the molecule is NC1CC2CC(NC(=O)c3cc4cccc(Br)c4o3)CC2C1. The quantitative estimate of drug-likeness (QED) is 0.859. The molecule has 22 heavy (non-hydrogen) atoms. The van der Waals surface area contributed by atoms with Crippen molar-refractivity contribution in [1.82, 2.24) is 5.32 Å². The molecule has 4 rings (SSSR count). The fourth-order valence-corrected chi connectivity index (χ4v) is 4.64. The van der Waals surface area contributed by atoms with E-state index < -0.39 is 0 Å². The second-order valence-electron chi connectivity index (χ2n) is 6.66. The Morgan fingerprint density at radius 2 is 1.95 bits per heavy atom. The highest BCUT2D eigenvalue weighted by Crippen LogP contribution is 2.43. The average molecular weight is 363 g/mol. The molecule has 1 aromatic carbocycles. The van der Waals surface area contributed by atoms with Crippen molar-refractivity contribution in [1.29, 1.82) is 0 Å². The molecule has 2 saturated carbocycles. The van der Waals surface area contributed by atoms with Gasteiger partial charge >= 0.3 is 0 Å². The fourth-order valence-electron chi connectivity index (χ4n) is 4.18. The van der Waals surface area contributed by atoms with Gasteiger partial charge in [0.25, 0.3) is 5.91 Å². The number of carbonyl (C=O) groups excluding carboxylic acids is 1. The van der Waals surface area contributed by atoms with Crippen LogP contribution in [0.1, 0.15) is 36.2 Å². The van der Waals surface area contributed by atoms with Gasteiger partial charge in [-0.3, -0.25) is 4.79 Å². The zero-order chi connectivity index (χ0) is 15.3. The monoisotopic (exact) mass is 362 g/mol. The molecule has 1 heterocycles. The molecule has 2 atom stereocenters. The Kier molecular flexibility index (Phi) is 3.50. The number of nitrogens with one attached hydrogen (secondary N) is 1. The maximum atomic E-state index is 12.4. The standard InChI is InChI=1S/C17H19BrN2O2/c18-14-3-1-2-9-8-15(22-16(9)14)17(21)20-13-6-10-4-12(19)5-11(10)7-13/h1-3,8,10-13H,4-7,19H2,(H,20,21). The highest BCUT2D eigenvalue weighted by Gasteiger charge is 2.41. The number of para-hydroxylation sites is 1. The normalized spacial score (nSPS) is 30.6. The number of benzene rings is 1. The van der Waals surface area contributed by atoms with Gasteiger partial charge < -0.3 is 15.5 Å². The minimum Gasteiger partial charge on any atom is -0.450 e. The Morgan fingerprint density at radius 1 is 1.23 bits per heavy atom. The predicted octanol–water partition coefficient (Wildman–Crippen LogP) is 3.44. The first-order chi connectivity index (χ1) is 10.6. The molecule has 0 radical (unpaired) electrons. The van der Waals surface area contributed by atoms with Crippen LogP contribution in [-0.4, -0.2) is 18.0 Å². The molecule has 2 fully saturated rings. The zero-order valence-electron chi connectivity index (χ0n) is 12.2. The van der Waals surface area contributed by atoms with Crippen LogP contribution in [-0.2, 0) is 0 Å². The first-order valence-corrected chi connectivity index (χ1v) is 8.64. The largest absolute Gasteiger partial charge is 0.450 e. The Hall–Kier alpha value is -1.33. The molecule has 2 aliphatic carbocycles. The molecule has 1 aromatic heterocycles. The van der Waals surface area contributed by atoms with Crippen molar-refractivity contribution in [3.8, 4) is 0 Å². The van der Waals surface area contributed by atoms with Gasteiger partial charge in [-0.25, -0.2) is 0 Å². The summed E-state index contributed by atoms with van der Waals surface area (Å²) in [4.78, 5) is 12.4. The van der Waals surface area contributed by atoms with Crippen LogP contribution in [0.15, 0.2) is 33.2 Å². The maximum Gasteiger partial charge on any atom is 0.287 e. The number of hydrogen-bond donors (Lipinski definition) is 2. The van der Waals surface area contributed by atoms with Crippen LogP contribution < -0.4 is 11.1 Å². The summed E-state index contributed by atoms with van der Waals surface area (Å²) >= 11 is 3.45. The van der Waals surface area contributed by atoms with Crippen LogP contribution >= 0.6 is 15.9 Å². The first-order valence-electron chi connectivity index (χ1n) is 7.84. The number of fused-ring (bicyclic) bond motifs is 2. The molecule has 2 aliphatic rings. The van der Waals surface area contributed by atoms with E-state index in [1.807, 2.05) is 18.2 Å². The second-order valence-corrected chi connectivity index (χ2v) is 7.52. The van der Waals surface area contributed by atoms with Gasteiger partial charge in [0.1, 0.15) is 5.58 Å². The van der Waals surface area contributed by atoms with E-state index in [2.05, 4.69) is 21.2 Å². The third-order valence-electron chi connectivity index (χ3n) is 5.11. The van der Waals surface area contributed by atoms with Crippen molar-refractivity contribution >= 4 is 32.8 Å². The Morgan fingerprint density at radius 3 is 2.64 bits per heavy atom. The molecule has 0 bridgehead atoms. The molecule has 0 aliphatic heterocycles.